The molecule has 0 amide bonds. The zero-order valence-corrected chi connectivity index (χ0v) is 11.4. The zero-order valence-electron chi connectivity index (χ0n) is 11.4. The van der Waals surface area contributed by atoms with E-state index in [4.69, 9.17) is 10.5 Å². The maximum Gasteiger partial charge on any atom is 0.404 e. The first-order chi connectivity index (χ1) is 9.23. The minimum Gasteiger partial charge on any atom is -0.465 e. The molecule has 20 heavy (non-hydrogen) atoms. The van der Waals surface area contributed by atoms with Crippen molar-refractivity contribution in [3.05, 3.63) is 35.9 Å². The summed E-state index contributed by atoms with van der Waals surface area (Å²) in [6.07, 6.45) is -4.67. The molecule has 1 aromatic rings. The lowest BCUT2D eigenvalue weighted by atomic mass is 9.91. The Hall–Kier alpha value is -1.56. The molecule has 6 heteroatoms. The van der Waals surface area contributed by atoms with Gasteiger partial charge in [-0.15, -0.1) is 0 Å². The van der Waals surface area contributed by atoms with Crippen LogP contribution >= 0.6 is 0 Å². The van der Waals surface area contributed by atoms with Crippen molar-refractivity contribution < 1.29 is 22.7 Å². The molecular formula is C14H18F3NO2. The number of esters is 1. The second kappa shape index (κ2) is 6.74. The molecule has 0 fully saturated rings. The number of hydrogen-bond acceptors (Lipinski definition) is 3. The van der Waals surface area contributed by atoms with Gasteiger partial charge in [-0.25, -0.2) is 0 Å². The van der Waals surface area contributed by atoms with Crippen molar-refractivity contribution in [1.29, 1.82) is 0 Å². The molecule has 2 atom stereocenters. The summed E-state index contributed by atoms with van der Waals surface area (Å²) in [5, 5.41) is 0. The average Bonchev–Trinajstić information content (AvgIpc) is 2.36. The summed E-state index contributed by atoms with van der Waals surface area (Å²) >= 11 is 0. The van der Waals surface area contributed by atoms with E-state index in [9.17, 15) is 18.0 Å². The first-order valence-electron chi connectivity index (χ1n) is 6.27. The normalized spacial score (nSPS) is 14.9. The predicted molar refractivity (Wildman–Crippen MR) is 69.0 cm³/mol. The van der Waals surface area contributed by atoms with Gasteiger partial charge in [-0.3, -0.25) is 4.79 Å². The van der Waals surface area contributed by atoms with Crippen molar-refractivity contribution in [1.82, 2.24) is 0 Å². The Kier molecular flexibility index (Phi) is 5.56. The van der Waals surface area contributed by atoms with Crippen LogP contribution in [0, 0.1) is 5.92 Å². The monoisotopic (exact) mass is 289 g/mol. The van der Waals surface area contributed by atoms with Crippen LogP contribution in [0.5, 0.6) is 0 Å². The van der Waals surface area contributed by atoms with Gasteiger partial charge in [-0.1, -0.05) is 44.2 Å². The second-order valence-corrected chi connectivity index (χ2v) is 4.98. The van der Waals surface area contributed by atoms with E-state index in [1.165, 1.54) is 12.1 Å². The quantitative estimate of drug-likeness (QED) is 0.848. The van der Waals surface area contributed by atoms with Crippen molar-refractivity contribution in [2.45, 2.75) is 32.0 Å². The van der Waals surface area contributed by atoms with Crippen LogP contribution in [0.1, 0.15) is 25.3 Å². The zero-order chi connectivity index (χ0) is 15.3. The fraction of sp³-hybridized carbons (Fsp3) is 0.500. The standard InChI is InChI=1S/C14H18F3NO2/c1-9(2)8-20-13(19)11(12(18)14(15,16)17)10-6-4-3-5-7-10/h3-7,9,11-12H,8,18H2,1-2H3/t11-,12-/m0/s1. The summed E-state index contributed by atoms with van der Waals surface area (Å²) < 4.78 is 43.4. The Labute approximate surface area is 115 Å². The number of carbonyl (C=O) groups excluding carboxylic acids is 1. The molecule has 0 heterocycles. The van der Waals surface area contributed by atoms with Gasteiger partial charge in [0.1, 0.15) is 12.0 Å². The molecule has 0 aromatic heterocycles. The van der Waals surface area contributed by atoms with Gasteiger partial charge >= 0.3 is 12.1 Å². The van der Waals surface area contributed by atoms with Gasteiger partial charge in [0.05, 0.1) is 6.61 Å². The molecule has 1 rings (SSSR count). The van der Waals surface area contributed by atoms with Crippen LogP contribution in [0.4, 0.5) is 13.2 Å². The van der Waals surface area contributed by atoms with Crippen LogP contribution < -0.4 is 5.73 Å². The highest BCUT2D eigenvalue weighted by atomic mass is 19.4. The third-order valence-corrected chi connectivity index (χ3v) is 2.71. The topological polar surface area (TPSA) is 52.3 Å². The summed E-state index contributed by atoms with van der Waals surface area (Å²) in [7, 11) is 0. The van der Waals surface area contributed by atoms with E-state index < -0.39 is 24.1 Å². The van der Waals surface area contributed by atoms with Gasteiger partial charge in [-0.2, -0.15) is 13.2 Å². The van der Waals surface area contributed by atoms with Gasteiger partial charge in [0.2, 0.25) is 0 Å². The summed E-state index contributed by atoms with van der Waals surface area (Å²) in [5.74, 6) is -2.46. The number of halogens is 3. The fourth-order valence-electron chi connectivity index (χ4n) is 1.68. The van der Waals surface area contributed by atoms with Gasteiger partial charge < -0.3 is 10.5 Å². The predicted octanol–water partition coefficient (Wildman–Crippen LogP) is 2.86. The average molecular weight is 289 g/mol. The molecular weight excluding hydrogens is 271 g/mol. The summed E-state index contributed by atoms with van der Waals surface area (Å²) in [4.78, 5) is 11.9. The van der Waals surface area contributed by atoms with Crippen molar-refractivity contribution in [3.8, 4) is 0 Å². The molecule has 3 nitrogen and oxygen atoms in total. The first-order valence-corrected chi connectivity index (χ1v) is 6.27. The van der Waals surface area contributed by atoms with Crippen molar-refractivity contribution >= 4 is 5.97 Å². The Morgan fingerprint density at radius 2 is 1.80 bits per heavy atom. The Bertz CT molecular complexity index is 432. The number of ether oxygens (including phenoxy) is 1. The maximum absolute atomic E-state index is 12.8. The third kappa shape index (κ3) is 4.52. The molecule has 0 aliphatic carbocycles. The van der Waals surface area contributed by atoms with Crippen molar-refractivity contribution in [3.63, 3.8) is 0 Å². The number of hydrogen-bond donors (Lipinski definition) is 1. The Balaban J connectivity index is 2.99. The lowest BCUT2D eigenvalue weighted by molar-refractivity contribution is -0.169. The molecule has 0 radical (unpaired) electrons. The van der Waals surface area contributed by atoms with Gasteiger partial charge in [0, 0.05) is 0 Å². The highest BCUT2D eigenvalue weighted by Gasteiger charge is 2.46. The number of rotatable bonds is 5. The van der Waals surface area contributed by atoms with Gasteiger partial charge in [0.15, 0.2) is 0 Å². The highest BCUT2D eigenvalue weighted by Crippen LogP contribution is 2.31. The van der Waals surface area contributed by atoms with Crippen LogP contribution in [0.2, 0.25) is 0 Å². The number of alkyl halides is 3. The van der Waals surface area contributed by atoms with Crippen molar-refractivity contribution in [2.75, 3.05) is 6.61 Å². The van der Waals surface area contributed by atoms with Gasteiger partial charge in [-0.05, 0) is 11.5 Å². The molecule has 1 aromatic carbocycles. The first kappa shape index (κ1) is 16.5. The van der Waals surface area contributed by atoms with Gasteiger partial charge in [0.25, 0.3) is 0 Å². The molecule has 0 aliphatic rings. The second-order valence-electron chi connectivity index (χ2n) is 4.98. The molecule has 0 saturated carbocycles. The van der Waals surface area contributed by atoms with E-state index in [0.717, 1.165) is 0 Å². The van der Waals surface area contributed by atoms with E-state index in [0.29, 0.717) is 0 Å². The largest absolute Gasteiger partial charge is 0.465 e. The summed E-state index contributed by atoms with van der Waals surface area (Å²) in [6, 6.07) is 5.35. The maximum atomic E-state index is 12.8. The van der Waals surface area contributed by atoms with E-state index in [1.54, 1.807) is 32.0 Å². The lowest BCUT2D eigenvalue weighted by Crippen LogP contribution is -2.46. The molecule has 0 bridgehead atoms. The minimum atomic E-state index is -4.67. The third-order valence-electron chi connectivity index (χ3n) is 2.71. The van der Waals surface area contributed by atoms with E-state index >= 15 is 0 Å². The minimum absolute atomic E-state index is 0.0393. The lowest BCUT2D eigenvalue weighted by Gasteiger charge is -2.25. The summed E-state index contributed by atoms with van der Waals surface area (Å²) in [6.45, 7) is 3.66. The Morgan fingerprint density at radius 3 is 2.25 bits per heavy atom. The molecule has 0 saturated heterocycles. The number of benzene rings is 1. The van der Waals surface area contributed by atoms with Crippen LogP contribution in [-0.2, 0) is 9.53 Å². The van der Waals surface area contributed by atoms with Crippen molar-refractivity contribution in [2.24, 2.45) is 11.7 Å². The summed E-state index contributed by atoms with van der Waals surface area (Å²) in [5.41, 5.74) is 5.41. The molecule has 0 unspecified atom stereocenters. The van der Waals surface area contributed by atoms with Crippen LogP contribution in [0.25, 0.3) is 0 Å². The number of nitrogens with two attached hydrogens (primary N) is 1. The van der Waals surface area contributed by atoms with Crippen LogP contribution in [-0.4, -0.2) is 24.8 Å². The molecule has 2 N–H and O–H groups in total. The molecule has 112 valence electrons. The number of carbonyl (C=O) groups is 1. The SMILES string of the molecule is CC(C)COC(=O)[C@@H](c1ccccc1)[C@H](N)C(F)(F)F. The van der Waals surface area contributed by atoms with Crippen LogP contribution in [0.3, 0.4) is 0 Å². The smallest absolute Gasteiger partial charge is 0.404 e. The van der Waals surface area contributed by atoms with E-state index in [1.807, 2.05) is 0 Å². The van der Waals surface area contributed by atoms with E-state index in [-0.39, 0.29) is 18.1 Å². The fourth-order valence-corrected chi connectivity index (χ4v) is 1.68. The highest BCUT2D eigenvalue weighted by molar-refractivity contribution is 5.79. The van der Waals surface area contributed by atoms with Crippen LogP contribution in [0.15, 0.2) is 30.3 Å². The van der Waals surface area contributed by atoms with E-state index in [2.05, 4.69) is 0 Å². The molecule has 0 aliphatic heterocycles. The molecule has 0 spiro atoms. The Morgan fingerprint density at radius 1 is 1.25 bits per heavy atom.